The zero-order chi connectivity index (χ0) is 22.8. The Morgan fingerprint density at radius 1 is 1.21 bits per heavy atom. The van der Waals surface area contributed by atoms with Gasteiger partial charge in [-0.2, -0.15) is 5.10 Å². The van der Waals surface area contributed by atoms with Gasteiger partial charge in [-0.25, -0.2) is 9.97 Å². The molecule has 0 unspecified atom stereocenters. The van der Waals surface area contributed by atoms with Crippen LogP contribution in [-0.4, -0.2) is 32.6 Å². The Labute approximate surface area is 190 Å². The number of rotatable bonds is 8. The molecule has 3 heterocycles. The average Bonchev–Trinajstić information content (AvgIpc) is 3.60. The third-order valence-corrected chi connectivity index (χ3v) is 5.36. The molecule has 5 rings (SSSR count). The number of allylic oxidation sites excluding steroid dienone is 2. The van der Waals surface area contributed by atoms with Crippen LogP contribution in [0.2, 0.25) is 0 Å². The number of aromatic nitrogens is 4. The first-order valence-corrected chi connectivity index (χ1v) is 10.6. The zero-order valence-electron chi connectivity index (χ0n) is 18.3. The third kappa shape index (κ3) is 4.36. The molecule has 0 spiro atoms. The highest BCUT2D eigenvalue weighted by Gasteiger charge is 2.32. The number of ketones is 1. The van der Waals surface area contributed by atoms with Crippen molar-refractivity contribution >= 4 is 23.0 Å². The quantitative estimate of drug-likeness (QED) is 0.389. The number of aryl methyl sites for hydroxylation is 1. The molecule has 1 aromatic carbocycles. The van der Waals surface area contributed by atoms with E-state index in [1.807, 2.05) is 43.5 Å². The maximum Gasteiger partial charge on any atom is 0.184 e. The number of hydrazine groups is 1. The maximum atomic E-state index is 13.0. The van der Waals surface area contributed by atoms with Gasteiger partial charge in [0.05, 0.1) is 29.6 Å². The molecular formula is C23H24N8O2. The van der Waals surface area contributed by atoms with Gasteiger partial charge >= 0.3 is 0 Å². The molecule has 10 heteroatoms. The van der Waals surface area contributed by atoms with Gasteiger partial charge in [-0.05, 0) is 37.1 Å². The second kappa shape index (κ2) is 8.65. The van der Waals surface area contributed by atoms with Gasteiger partial charge in [0.25, 0.3) is 0 Å². The van der Waals surface area contributed by atoms with E-state index in [2.05, 4.69) is 36.6 Å². The molecule has 1 aliphatic carbocycles. The summed E-state index contributed by atoms with van der Waals surface area (Å²) in [5, 5.41) is 11.0. The van der Waals surface area contributed by atoms with Crippen molar-refractivity contribution in [3.8, 4) is 17.1 Å². The number of nitrogens with zero attached hydrogens (tertiary/aromatic N) is 4. The average molecular weight is 444 g/mol. The Bertz CT molecular complexity index is 1260. The van der Waals surface area contributed by atoms with E-state index in [1.165, 1.54) is 0 Å². The van der Waals surface area contributed by atoms with Crippen LogP contribution in [-0.2, 0) is 7.05 Å². The summed E-state index contributed by atoms with van der Waals surface area (Å²) in [6.45, 7) is 0. The molecule has 0 saturated heterocycles. The first-order valence-electron chi connectivity index (χ1n) is 10.6. The molecule has 0 radical (unpaired) electrons. The van der Waals surface area contributed by atoms with Gasteiger partial charge in [0, 0.05) is 31.4 Å². The molecule has 33 heavy (non-hydrogen) atoms. The molecule has 3 aromatic rings. The van der Waals surface area contributed by atoms with Crippen LogP contribution in [0.1, 0.15) is 23.2 Å². The SMILES string of the molecule is COc1c(Nc2cc(NC3=CC=CNN3)ncc2C(=O)C2CC2)cccc1-c1ncn(C)n1. The second-order valence-electron chi connectivity index (χ2n) is 7.84. The summed E-state index contributed by atoms with van der Waals surface area (Å²) in [4.78, 5) is 21.8. The summed E-state index contributed by atoms with van der Waals surface area (Å²) in [6, 6.07) is 7.51. The lowest BCUT2D eigenvalue weighted by Crippen LogP contribution is -2.31. The van der Waals surface area contributed by atoms with Gasteiger partial charge in [0.15, 0.2) is 17.4 Å². The minimum atomic E-state index is 0.0640. The maximum absolute atomic E-state index is 13.0. The number of hydrogen-bond donors (Lipinski definition) is 4. The van der Waals surface area contributed by atoms with E-state index in [9.17, 15) is 4.79 Å². The van der Waals surface area contributed by atoms with Crippen LogP contribution in [0.15, 0.2) is 61.0 Å². The molecule has 10 nitrogen and oxygen atoms in total. The van der Waals surface area contributed by atoms with Crippen molar-refractivity contribution in [1.82, 2.24) is 30.6 Å². The molecular weight excluding hydrogens is 420 g/mol. The summed E-state index contributed by atoms with van der Waals surface area (Å²) in [6.07, 6.45) is 10.6. The van der Waals surface area contributed by atoms with Gasteiger partial charge in [-0.3, -0.25) is 14.9 Å². The lowest BCUT2D eigenvalue weighted by molar-refractivity contribution is 0.0968. The Balaban J connectivity index is 1.52. The van der Waals surface area contributed by atoms with Crippen LogP contribution in [0.25, 0.3) is 11.4 Å². The lowest BCUT2D eigenvalue weighted by atomic mass is 10.1. The predicted octanol–water partition coefficient (Wildman–Crippen LogP) is 3.10. The van der Waals surface area contributed by atoms with Crippen molar-refractivity contribution < 1.29 is 9.53 Å². The first kappa shape index (κ1) is 20.6. The number of carbonyl (C=O) groups is 1. The van der Waals surface area contributed by atoms with Crippen LogP contribution < -0.4 is 26.2 Å². The van der Waals surface area contributed by atoms with Crippen molar-refractivity contribution in [2.45, 2.75) is 12.8 Å². The number of pyridine rings is 1. The number of methoxy groups -OCH3 is 1. The van der Waals surface area contributed by atoms with Crippen LogP contribution in [0.3, 0.4) is 0 Å². The number of anilines is 3. The number of benzene rings is 1. The number of Topliss-reactive ketones (excluding diaryl/α,β-unsaturated/α-hetero) is 1. The van der Waals surface area contributed by atoms with E-state index in [4.69, 9.17) is 4.74 Å². The molecule has 1 aliphatic heterocycles. The van der Waals surface area contributed by atoms with Crippen LogP contribution in [0, 0.1) is 5.92 Å². The van der Waals surface area contributed by atoms with Crippen molar-refractivity contribution in [2.24, 2.45) is 13.0 Å². The first-order chi connectivity index (χ1) is 16.1. The standard InChI is InChI=1S/C23H24N8O2/c1-31-13-25-23(30-31)15-5-3-6-17(22(15)33-2)27-18-11-20(28-19-7-4-10-26-29-19)24-12-16(18)21(32)14-8-9-14/h3-7,10-14,26,29H,8-9H2,1-2H3,(H2,24,27,28). The van der Waals surface area contributed by atoms with Crippen LogP contribution in [0.5, 0.6) is 5.75 Å². The van der Waals surface area contributed by atoms with Gasteiger partial charge in [0.1, 0.15) is 18.0 Å². The number of carbonyl (C=O) groups excluding carboxylic acids is 1. The van der Waals surface area contributed by atoms with E-state index >= 15 is 0 Å². The molecule has 0 bridgehead atoms. The number of para-hydroxylation sites is 1. The topological polar surface area (TPSA) is 118 Å². The highest BCUT2D eigenvalue weighted by molar-refractivity contribution is 6.04. The Morgan fingerprint density at radius 2 is 2.09 bits per heavy atom. The normalized spacial score (nSPS) is 14.7. The van der Waals surface area contributed by atoms with E-state index in [-0.39, 0.29) is 11.7 Å². The smallest absolute Gasteiger partial charge is 0.184 e. The minimum Gasteiger partial charge on any atom is -0.494 e. The fourth-order valence-corrected chi connectivity index (χ4v) is 3.59. The summed E-state index contributed by atoms with van der Waals surface area (Å²) >= 11 is 0. The number of nitrogens with one attached hydrogen (secondary N) is 4. The predicted molar refractivity (Wildman–Crippen MR) is 125 cm³/mol. The largest absolute Gasteiger partial charge is 0.494 e. The Kier molecular flexibility index (Phi) is 5.39. The second-order valence-corrected chi connectivity index (χ2v) is 7.84. The fourth-order valence-electron chi connectivity index (χ4n) is 3.59. The highest BCUT2D eigenvalue weighted by Crippen LogP contribution is 2.39. The van der Waals surface area contributed by atoms with Gasteiger partial charge in [0.2, 0.25) is 0 Å². The third-order valence-electron chi connectivity index (χ3n) is 5.36. The molecule has 0 amide bonds. The van der Waals surface area contributed by atoms with Crippen molar-refractivity contribution in [2.75, 3.05) is 17.7 Å². The van der Waals surface area contributed by atoms with E-state index in [1.54, 1.807) is 30.5 Å². The van der Waals surface area contributed by atoms with Crippen molar-refractivity contribution in [3.05, 3.63) is 66.5 Å². The highest BCUT2D eigenvalue weighted by atomic mass is 16.5. The Morgan fingerprint density at radius 3 is 2.79 bits per heavy atom. The molecule has 168 valence electrons. The monoisotopic (exact) mass is 444 g/mol. The molecule has 1 fully saturated rings. The molecule has 1 saturated carbocycles. The number of hydrogen-bond acceptors (Lipinski definition) is 9. The van der Waals surface area contributed by atoms with Crippen molar-refractivity contribution in [1.29, 1.82) is 0 Å². The van der Waals surface area contributed by atoms with E-state index in [0.29, 0.717) is 34.3 Å². The summed E-state index contributed by atoms with van der Waals surface area (Å²) < 4.78 is 7.36. The molecule has 0 atom stereocenters. The lowest BCUT2D eigenvalue weighted by Gasteiger charge is -2.18. The van der Waals surface area contributed by atoms with E-state index in [0.717, 1.165) is 24.2 Å². The summed E-state index contributed by atoms with van der Waals surface area (Å²) in [5.74, 6) is 2.62. The van der Waals surface area contributed by atoms with Crippen LogP contribution >= 0.6 is 0 Å². The van der Waals surface area contributed by atoms with Gasteiger partial charge in [-0.15, -0.1) is 0 Å². The zero-order valence-corrected chi connectivity index (χ0v) is 18.3. The van der Waals surface area contributed by atoms with Gasteiger partial charge in [-0.1, -0.05) is 6.07 Å². The van der Waals surface area contributed by atoms with Crippen molar-refractivity contribution in [3.63, 3.8) is 0 Å². The van der Waals surface area contributed by atoms with E-state index < -0.39 is 0 Å². The molecule has 2 aromatic heterocycles. The van der Waals surface area contributed by atoms with Crippen LogP contribution in [0.4, 0.5) is 17.2 Å². The summed E-state index contributed by atoms with van der Waals surface area (Å²) in [5.41, 5.74) is 8.56. The summed E-state index contributed by atoms with van der Waals surface area (Å²) in [7, 11) is 3.42. The Hall–Kier alpha value is -4.34. The van der Waals surface area contributed by atoms with Gasteiger partial charge < -0.3 is 20.8 Å². The fraction of sp³-hybridized carbons (Fsp3) is 0.217. The minimum absolute atomic E-state index is 0.0640. The number of ether oxygens (including phenoxy) is 1. The molecule has 4 N–H and O–H groups in total. The molecule has 2 aliphatic rings.